The number of benzene rings is 1. The zero-order valence-electron chi connectivity index (χ0n) is 10.9. The fourth-order valence-electron chi connectivity index (χ4n) is 1.43. The van der Waals surface area contributed by atoms with Crippen molar-refractivity contribution in [1.29, 1.82) is 0 Å². The molecule has 0 saturated carbocycles. The molecule has 3 N–H and O–H groups in total. The highest BCUT2D eigenvalue weighted by Gasteiger charge is 2.23. The minimum Gasteiger partial charge on any atom is -0.392 e. The van der Waals surface area contributed by atoms with Gasteiger partial charge < -0.3 is 15.5 Å². The third-order valence-corrected chi connectivity index (χ3v) is 3.26. The number of aliphatic hydroxyl groups is 2. The lowest BCUT2D eigenvalue weighted by Crippen LogP contribution is -2.41. The van der Waals surface area contributed by atoms with Gasteiger partial charge >= 0.3 is 0 Å². The highest BCUT2D eigenvalue weighted by atomic mass is 16.3. The van der Waals surface area contributed by atoms with Crippen molar-refractivity contribution in [3.8, 4) is 0 Å². The van der Waals surface area contributed by atoms with Crippen LogP contribution in [0.25, 0.3) is 0 Å². The van der Waals surface area contributed by atoms with Crippen molar-refractivity contribution in [1.82, 2.24) is 5.32 Å². The van der Waals surface area contributed by atoms with Crippen molar-refractivity contribution in [2.75, 3.05) is 6.54 Å². The molecule has 0 saturated heterocycles. The van der Waals surface area contributed by atoms with Crippen molar-refractivity contribution < 1.29 is 10.2 Å². The van der Waals surface area contributed by atoms with E-state index in [-0.39, 0.29) is 12.5 Å². The van der Waals surface area contributed by atoms with Gasteiger partial charge in [-0.25, -0.2) is 0 Å². The first-order valence-corrected chi connectivity index (χ1v) is 6.07. The standard InChI is InChI=1S/C14H23NO2/c1-11(2)14(3,17)10-15-8-12-4-6-13(9-16)7-5-12/h4-7,11,15-17H,8-10H2,1-3H3. The van der Waals surface area contributed by atoms with Crippen LogP contribution in [0, 0.1) is 5.92 Å². The lowest BCUT2D eigenvalue weighted by molar-refractivity contribution is 0.0140. The third kappa shape index (κ3) is 4.46. The maximum absolute atomic E-state index is 10.1. The molecule has 0 aliphatic heterocycles. The van der Waals surface area contributed by atoms with Crippen LogP contribution >= 0.6 is 0 Å². The Morgan fingerprint density at radius 2 is 1.71 bits per heavy atom. The predicted molar refractivity (Wildman–Crippen MR) is 69.5 cm³/mol. The number of hydrogen-bond acceptors (Lipinski definition) is 3. The van der Waals surface area contributed by atoms with E-state index in [1.165, 1.54) is 0 Å². The van der Waals surface area contributed by atoms with Crippen LogP contribution in [-0.2, 0) is 13.2 Å². The van der Waals surface area contributed by atoms with E-state index in [1.807, 2.05) is 45.0 Å². The monoisotopic (exact) mass is 237 g/mol. The lowest BCUT2D eigenvalue weighted by atomic mass is 9.92. The van der Waals surface area contributed by atoms with Gasteiger partial charge in [0.05, 0.1) is 12.2 Å². The first-order valence-electron chi connectivity index (χ1n) is 6.07. The molecule has 0 aromatic heterocycles. The molecular formula is C14H23NO2. The fraction of sp³-hybridized carbons (Fsp3) is 0.571. The van der Waals surface area contributed by atoms with Gasteiger partial charge in [-0.1, -0.05) is 38.1 Å². The highest BCUT2D eigenvalue weighted by Crippen LogP contribution is 2.14. The first kappa shape index (κ1) is 14.2. The van der Waals surface area contributed by atoms with E-state index in [0.717, 1.165) is 17.7 Å². The molecule has 1 aromatic carbocycles. The predicted octanol–water partition coefficient (Wildman–Crippen LogP) is 1.68. The van der Waals surface area contributed by atoms with Crippen LogP contribution in [0.1, 0.15) is 31.9 Å². The average Bonchev–Trinajstić information content (AvgIpc) is 2.29. The largest absolute Gasteiger partial charge is 0.392 e. The topological polar surface area (TPSA) is 52.5 Å². The molecule has 0 aliphatic rings. The van der Waals surface area contributed by atoms with Gasteiger partial charge in [0.1, 0.15) is 0 Å². The fourth-order valence-corrected chi connectivity index (χ4v) is 1.43. The molecule has 0 radical (unpaired) electrons. The van der Waals surface area contributed by atoms with E-state index in [0.29, 0.717) is 6.54 Å². The molecule has 0 amide bonds. The van der Waals surface area contributed by atoms with E-state index in [2.05, 4.69) is 5.32 Å². The number of aliphatic hydroxyl groups excluding tert-OH is 1. The van der Waals surface area contributed by atoms with Crippen LogP contribution in [0.15, 0.2) is 24.3 Å². The molecule has 0 spiro atoms. The van der Waals surface area contributed by atoms with Crippen molar-refractivity contribution >= 4 is 0 Å². The molecule has 3 heteroatoms. The summed E-state index contributed by atoms with van der Waals surface area (Å²) >= 11 is 0. The molecule has 0 bridgehead atoms. The maximum Gasteiger partial charge on any atom is 0.0766 e. The number of nitrogens with one attached hydrogen (secondary N) is 1. The molecule has 1 aromatic rings. The van der Waals surface area contributed by atoms with E-state index < -0.39 is 5.60 Å². The van der Waals surface area contributed by atoms with Gasteiger partial charge in [0, 0.05) is 13.1 Å². The summed E-state index contributed by atoms with van der Waals surface area (Å²) in [5.74, 6) is 0.228. The van der Waals surface area contributed by atoms with Gasteiger partial charge in [0.15, 0.2) is 0 Å². The van der Waals surface area contributed by atoms with Crippen LogP contribution in [0.3, 0.4) is 0 Å². The van der Waals surface area contributed by atoms with Crippen LogP contribution in [0.5, 0.6) is 0 Å². The average molecular weight is 237 g/mol. The lowest BCUT2D eigenvalue weighted by Gasteiger charge is -2.28. The van der Waals surface area contributed by atoms with Gasteiger partial charge in [-0.3, -0.25) is 0 Å². The third-order valence-electron chi connectivity index (χ3n) is 3.26. The van der Waals surface area contributed by atoms with Crippen molar-refractivity contribution in [3.05, 3.63) is 35.4 Å². The number of rotatable bonds is 6. The summed E-state index contributed by atoms with van der Waals surface area (Å²) in [5.41, 5.74) is 1.40. The zero-order valence-corrected chi connectivity index (χ0v) is 10.9. The molecule has 0 fully saturated rings. The van der Waals surface area contributed by atoms with Crippen LogP contribution in [-0.4, -0.2) is 22.4 Å². The molecular weight excluding hydrogens is 214 g/mol. The maximum atomic E-state index is 10.1. The van der Waals surface area contributed by atoms with Gasteiger partial charge in [-0.2, -0.15) is 0 Å². The molecule has 0 aliphatic carbocycles. The summed E-state index contributed by atoms with van der Waals surface area (Å²) in [4.78, 5) is 0. The van der Waals surface area contributed by atoms with Crippen molar-refractivity contribution in [3.63, 3.8) is 0 Å². The first-order chi connectivity index (χ1) is 7.95. The molecule has 0 heterocycles. The zero-order chi connectivity index (χ0) is 12.9. The molecule has 1 unspecified atom stereocenters. The van der Waals surface area contributed by atoms with Gasteiger partial charge in [0.25, 0.3) is 0 Å². The van der Waals surface area contributed by atoms with E-state index in [1.54, 1.807) is 0 Å². The van der Waals surface area contributed by atoms with Crippen molar-refractivity contribution in [2.45, 2.75) is 39.5 Å². The summed E-state index contributed by atoms with van der Waals surface area (Å²) in [6.45, 7) is 7.26. The normalized spacial score (nSPS) is 14.9. The van der Waals surface area contributed by atoms with E-state index in [9.17, 15) is 5.11 Å². The second kappa shape index (κ2) is 6.15. The van der Waals surface area contributed by atoms with Crippen molar-refractivity contribution in [2.24, 2.45) is 5.92 Å². The summed E-state index contributed by atoms with van der Waals surface area (Å²) in [6, 6.07) is 7.81. The van der Waals surface area contributed by atoms with Crippen LogP contribution in [0.4, 0.5) is 0 Å². The summed E-state index contributed by atoms with van der Waals surface area (Å²) < 4.78 is 0. The van der Waals surface area contributed by atoms with E-state index in [4.69, 9.17) is 5.11 Å². The Balaban J connectivity index is 2.40. The summed E-state index contributed by atoms with van der Waals surface area (Å²) in [5, 5.41) is 22.2. The second-order valence-corrected chi connectivity index (χ2v) is 5.09. The molecule has 3 nitrogen and oxygen atoms in total. The Morgan fingerprint density at radius 1 is 1.18 bits per heavy atom. The second-order valence-electron chi connectivity index (χ2n) is 5.09. The summed E-state index contributed by atoms with van der Waals surface area (Å²) in [6.07, 6.45) is 0. The van der Waals surface area contributed by atoms with Gasteiger partial charge in [-0.05, 0) is 24.0 Å². The smallest absolute Gasteiger partial charge is 0.0766 e. The SMILES string of the molecule is CC(C)C(C)(O)CNCc1ccc(CO)cc1. The minimum atomic E-state index is -0.676. The van der Waals surface area contributed by atoms with E-state index >= 15 is 0 Å². The Hall–Kier alpha value is -0.900. The van der Waals surface area contributed by atoms with Crippen LogP contribution in [0.2, 0.25) is 0 Å². The van der Waals surface area contributed by atoms with Gasteiger partial charge in [-0.15, -0.1) is 0 Å². The van der Waals surface area contributed by atoms with Gasteiger partial charge in [0.2, 0.25) is 0 Å². The Kier molecular flexibility index (Phi) is 5.12. The Bertz CT molecular complexity index is 331. The number of hydrogen-bond donors (Lipinski definition) is 3. The Morgan fingerprint density at radius 3 is 2.18 bits per heavy atom. The Labute approximate surface area is 103 Å². The minimum absolute atomic E-state index is 0.0791. The highest BCUT2D eigenvalue weighted by molar-refractivity contribution is 5.21. The molecule has 1 rings (SSSR count). The molecule has 96 valence electrons. The summed E-state index contributed by atoms with van der Waals surface area (Å²) in [7, 11) is 0. The molecule has 17 heavy (non-hydrogen) atoms. The molecule has 1 atom stereocenters. The quantitative estimate of drug-likeness (QED) is 0.705. The van der Waals surface area contributed by atoms with Crippen LogP contribution < -0.4 is 5.32 Å².